The first-order valence-corrected chi connectivity index (χ1v) is 10.5. The molecule has 11 heteroatoms. The highest BCUT2D eigenvalue weighted by Crippen LogP contribution is 2.28. The molecule has 166 valence electrons. The van der Waals surface area contributed by atoms with Crippen LogP contribution in [0.25, 0.3) is 16.9 Å². The molecule has 11 nitrogen and oxygen atoms in total. The van der Waals surface area contributed by atoms with Gasteiger partial charge < -0.3 is 19.4 Å². The fourth-order valence-electron chi connectivity index (χ4n) is 4.07. The minimum Gasteiger partial charge on any atom is -0.431 e. The normalized spacial score (nSPS) is 15.5. The quantitative estimate of drug-likeness (QED) is 0.487. The zero-order valence-corrected chi connectivity index (χ0v) is 17.4. The highest BCUT2D eigenvalue weighted by atomic mass is 16.5. The number of fused-ring (bicyclic) bond motifs is 2. The van der Waals surface area contributed by atoms with E-state index in [4.69, 9.17) is 9.15 Å². The number of carbonyl (C=O) groups excluding carboxylic acids is 2. The number of nitrogens with one attached hydrogen (secondary N) is 2. The molecule has 5 heterocycles. The number of anilines is 2. The van der Waals surface area contributed by atoms with Gasteiger partial charge in [0.1, 0.15) is 6.26 Å². The third-order valence-corrected chi connectivity index (χ3v) is 5.76. The van der Waals surface area contributed by atoms with Crippen molar-refractivity contribution in [3.63, 3.8) is 0 Å². The van der Waals surface area contributed by atoms with Crippen LogP contribution in [0.15, 0.2) is 47.5 Å². The number of rotatable bonds is 4. The van der Waals surface area contributed by atoms with E-state index in [0.29, 0.717) is 49.9 Å². The van der Waals surface area contributed by atoms with Crippen LogP contribution in [-0.4, -0.2) is 62.4 Å². The lowest BCUT2D eigenvalue weighted by molar-refractivity contribution is 0.0299. The third-order valence-electron chi connectivity index (χ3n) is 5.76. The highest BCUT2D eigenvalue weighted by molar-refractivity contribution is 5.99. The van der Waals surface area contributed by atoms with E-state index >= 15 is 0 Å². The molecule has 1 saturated heterocycles. The van der Waals surface area contributed by atoms with Crippen molar-refractivity contribution < 1.29 is 18.7 Å². The molecule has 0 unspecified atom stereocenters. The molecule has 1 fully saturated rings. The van der Waals surface area contributed by atoms with Crippen molar-refractivity contribution in [3.8, 4) is 11.3 Å². The van der Waals surface area contributed by atoms with Gasteiger partial charge in [0, 0.05) is 43.2 Å². The second kappa shape index (κ2) is 7.71. The lowest BCUT2D eigenvalue weighted by atomic mass is 10.0. The Hall–Kier alpha value is -4.25. The maximum atomic E-state index is 12.6. The molecule has 0 saturated carbocycles. The Morgan fingerprint density at radius 3 is 2.94 bits per heavy atom. The molecular formula is C22H19N7O4. The second-order valence-electron chi connectivity index (χ2n) is 7.73. The maximum absolute atomic E-state index is 12.6. The zero-order valence-electron chi connectivity index (χ0n) is 17.4. The first-order valence-electron chi connectivity index (χ1n) is 10.5. The predicted octanol–water partition coefficient (Wildman–Crippen LogP) is 1.84. The molecule has 0 atom stereocenters. The van der Waals surface area contributed by atoms with Gasteiger partial charge in [0.25, 0.3) is 11.8 Å². The van der Waals surface area contributed by atoms with Crippen LogP contribution >= 0.6 is 0 Å². The van der Waals surface area contributed by atoms with E-state index in [2.05, 4.69) is 25.6 Å². The van der Waals surface area contributed by atoms with Crippen LogP contribution in [0.3, 0.4) is 0 Å². The molecule has 6 rings (SSSR count). The number of hydrogen-bond acceptors (Lipinski definition) is 8. The van der Waals surface area contributed by atoms with Crippen molar-refractivity contribution in [2.75, 3.05) is 31.6 Å². The fraction of sp³-hybridized carbons (Fsp3) is 0.227. The largest absolute Gasteiger partial charge is 0.431 e. The summed E-state index contributed by atoms with van der Waals surface area (Å²) < 4.78 is 12.6. The van der Waals surface area contributed by atoms with Gasteiger partial charge in [-0.3, -0.25) is 19.3 Å². The number of carbonyl (C=O) groups is 2. The SMILES string of the molecule is O=C1NCc2cc(-c3cnc(Nc4nc(C(=O)N5CCOCC5)co4)c4nccn34)ccc21. The number of morpholine rings is 1. The summed E-state index contributed by atoms with van der Waals surface area (Å²) in [5, 5.41) is 5.84. The summed E-state index contributed by atoms with van der Waals surface area (Å²) in [5.74, 6) is 0.183. The molecule has 0 spiro atoms. The molecule has 2 aliphatic heterocycles. The minimum absolute atomic E-state index is 0.0561. The van der Waals surface area contributed by atoms with Crippen LogP contribution in [0, 0.1) is 0 Å². The number of ether oxygens (including phenoxy) is 1. The Kier molecular flexibility index (Phi) is 4.54. The van der Waals surface area contributed by atoms with Gasteiger partial charge in [0.2, 0.25) is 0 Å². The number of hydrogen-bond donors (Lipinski definition) is 2. The lowest BCUT2D eigenvalue weighted by Gasteiger charge is -2.25. The van der Waals surface area contributed by atoms with Crippen LogP contribution in [0.5, 0.6) is 0 Å². The molecule has 1 aromatic carbocycles. The van der Waals surface area contributed by atoms with Crippen LogP contribution < -0.4 is 10.6 Å². The van der Waals surface area contributed by atoms with Crippen molar-refractivity contribution in [1.82, 2.24) is 29.6 Å². The maximum Gasteiger partial charge on any atom is 0.301 e. The summed E-state index contributed by atoms with van der Waals surface area (Å²) in [7, 11) is 0. The standard InChI is InChI=1S/C22H19N7O4/c30-20-15-2-1-13(9-14(15)10-25-20)17-11-24-18(19-23-3-4-29(17)19)27-22-26-16(12-33-22)21(31)28-5-7-32-8-6-28/h1-4,9,11-12H,5-8,10H2,(H,25,30)(H,24,26,27). The number of benzene rings is 1. The molecule has 0 radical (unpaired) electrons. The smallest absolute Gasteiger partial charge is 0.301 e. The zero-order chi connectivity index (χ0) is 22.4. The number of nitrogens with zero attached hydrogens (tertiary/aromatic N) is 5. The van der Waals surface area contributed by atoms with E-state index in [-0.39, 0.29) is 23.5 Å². The topological polar surface area (TPSA) is 127 Å². The van der Waals surface area contributed by atoms with Crippen LogP contribution in [-0.2, 0) is 11.3 Å². The van der Waals surface area contributed by atoms with Gasteiger partial charge in [-0.25, -0.2) is 9.97 Å². The number of aromatic nitrogens is 4. The first-order chi connectivity index (χ1) is 16.2. The predicted molar refractivity (Wildman–Crippen MR) is 116 cm³/mol. The third kappa shape index (κ3) is 3.38. The molecule has 0 aliphatic carbocycles. The molecule has 33 heavy (non-hydrogen) atoms. The minimum atomic E-state index is -0.200. The summed E-state index contributed by atoms with van der Waals surface area (Å²) in [6, 6.07) is 5.85. The van der Waals surface area contributed by atoms with E-state index < -0.39 is 0 Å². The van der Waals surface area contributed by atoms with Crippen molar-refractivity contribution in [3.05, 3.63) is 59.9 Å². The van der Waals surface area contributed by atoms with Crippen LogP contribution in [0.2, 0.25) is 0 Å². The first kappa shape index (κ1) is 19.4. The van der Waals surface area contributed by atoms with E-state index in [1.807, 2.05) is 28.8 Å². The number of imidazole rings is 1. The van der Waals surface area contributed by atoms with Gasteiger partial charge in [-0.2, -0.15) is 4.98 Å². The van der Waals surface area contributed by atoms with E-state index in [1.165, 1.54) is 6.26 Å². The molecule has 3 aromatic heterocycles. The van der Waals surface area contributed by atoms with Gasteiger partial charge in [-0.1, -0.05) is 6.07 Å². The average Bonchev–Trinajstić information content (AvgIpc) is 3.60. The molecular weight excluding hydrogens is 426 g/mol. The van der Waals surface area contributed by atoms with Gasteiger partial charge in [-0.05, 0) is 17.7 Å². The summed E-state index contributed by atoms with van der Waals surface area (Å²) in [5.41, 5.74) is 4.18. The highest BCUT2D eigenvalue weighted by Gasteiger charge is 2.23. The van der Waals surface area contributed by atoms with Gasteiger partial charge in [0.05, 0.1) is 25.1 Å². The molecule has 2 aliphatic rings. The molecule has 2 N–H and O–H groups in total. The monoisotopic (exact) mass is 445 g/mol. The van der Waals surface area contributed by atoms with E-state index in [1.54, 1.807) is 17.3 Å². The molecule has 0 bridgehead atoms. The number of amides is 2. The Labute approximate surface area is 187 Å². The van der Waals surface area contributed by atoms with Crippen molar-refractivity contribution >= 4 is 29.3 Å². The second-order valence-corrected chi connectivity index (χ2v) is 7.73. The Balaban J connectivity index is 1.28. The molecule has 2 amide bonds. The van der Waals surface area contributed by atoms with Gasteiger partial charge >= 0.3 is 6.01 Å². The fourth-order valence-corrected chi connectivity index (χ4v) is 4.07. The lowest BCUT2D eigenvalue weighted by Crippen LogP contribution is -2.40. The Bertz CT molecular complexity index is 1390. The van der Waals surface area contributed by atoms with Crippen molar-refractivity contribution in [2.24, 2.45) is 0 Å². The Morgan fingerprint density at radius 2 is 2.06 bits per heavy atom. The van der Waals surface area contributed by atoms with Crippen LogP contribution in [0.4, 0.5) is 11.8 Å². The van der Waals surface area contributed by atoms with Crippen molar-refractivity contribution in [2.45, 2.75) is 6.54 Å². The summed E-state index contributed by atoms with van der Waals surface area (Å²) in [6.45, 7) is 2.59. The number of oxazole rings is 1. The van der Waals surface area contributed by atoms with E-state index in [9.17, 15) is 9.59 Å². The molecule has 4 aromatic rings. The Morgan fingerprint density at radius 1 is 1.18 bits per heavy atom. The summed E-state index contributed by atoms with van der Waals surface area (Å²) in [6.07, 6.45) is 6.55. The van der Waals surface area contributed by atoms with Crippen molar-refractivity contribution in [1.29, 1.82) is 0 Å². The summed E-state index contributed by atoms with van der Waals surface area (Å²) in [4.78, 5) is 39.3. The van der Waals surface area contributed by atoms with Gasteiger partial charge in [-0.15, -0.1) is 0 Å². The summed E-state index contributed by atoms with van der Waals surface area (Å²) >= 11 is 0. The average molecular weight is 445 g/mol. The van der Waals surface area contributed by atoms with Crippen LogP contribution in [0.1, 0.15) is 26.4 Å². The van der Waals surface area contributed by atoms with Gasteiger partial charge in [0.15, 0.2) is 17.2 Å². The van der Waals surface area contributed by atoms with E-state index in [0.717, 1.165) is 16.8 Å².